The van der Waals surface area contributed by atoms with Gasteiger partial charge >= 0.3 is 11.4 Å². The van der Waals surface area contributed by atoms with Crippen LogP contribution in [0.1, 0.15) is 56.8 Å². The molecule has 0 aliphatic rings. The first kappa shape index (κ1) is 24.6. The number of unbranched alkanes of at least 4 members (excludes halogenated alkanes) is 2. The van der Waals surface area contributed by atoms with Crippen molar-refractivity contribution in [1.82, 2.24) is 9.55 Å². The molecule has 0 aliphatic heterocycles. The molecule has 1 aromatic carbocycles. The van der Waals surface area contributed by atoms with Gasteiger partial charge in [-0.3, -0.25) is 29.3 Å². The van der Waals surface area contributed by atoms with Crippen LogP contribution in [0.4, 0.5) is 17.2 Å². The first-order chi connectivity index (χ1) is 15.3. The van der Waals surface area contributed by atoms with Crippen molar-refractivity contribution in [1.29, 1.82) is 0 Å². The van der Waals surface area contributed by atoms with E-state index in [0.717, 1.165) is 18.9 Å². The Morgan fingerprint density at radius 1 is 1.22 bits per heavy atom. The number of nitrogens with one attached hydrogen (secondary N) is 1. The zero-order valence-electron chi connectivity index (χ0n) is 18.6. The number of rotatable bonds is 11. The highest BCUT2D eigenvalue weighted by Gasteiger charge is 2.27. The highest BCUT2D eigenvalue weighted by atomic mass is 16.6. The van der Waals surface area contributed by atoms with Crippen LogP contribution >= 0.6 is 0 Å². The topological polar surface area (TPSA) is 154 Å². The van der Waals surface area contributed by atoms with E-state index in [0.29, 0.717) is 12.8 Å². The van der Waals surface area contributed by atoms with Gasteiger partial charge in [0.05, 0.1) is 11.5 Å². The molecule has 0 bridgehead atoms. The van der Waals surface area contributed by atoms with Gasteiger partial charge in [-0.15, -0.1) is 0 Å². The number of hydrogen-bond donors (Lipinski definition) is 2. The maximum Gasteiger partial charge on any atom is 0.330 e. The highest BCUT2D eigenvalue weighted by molar-refractivity contribution is 6.07. The lowest BCUT2D eigenvalue weighted by molar-refractivity contribution is -0.385. The van der Waals surface area contributed by atoms with Crippen molar-refractivity contribution in [3.63, 3.8) is 0 Å². The normalized spacial score (nSPS) is 10.7. The molecule has 0 spiro atoms. The fourth-order valence-corrected chi connectivity index (χ4v) is 3.23. The zero-order chi connectivity index (χ0) is 23.8. The van der Waals surface area contributed by atoms with Crippen LogP contribution in [0.15, 0.2) is 27.8 Å². The lowest BCUT2D eigenvalue weighted by Crippen LogP contribution is -2.41. The Bertz CT molecular complexity index is 1090. The molecule has 11 heteroatoms. The van der Waals surface area contributed by atoms with E-state index in [2.05, 4.69) is 4.98 Å². The van der Waals surface area contributed by atoms with Gasteiger partial charge < -0.3 is 15.4 Å². The van der Waals surface area contributed by atoms with Gasteiger partial charge in [-0.05, 0) is 31.9 Å². The number of aromatic amines is 1. The van der Waals surface area contributed by atoms with Crippen LogP contribution in [0, 0.1) is 10.1 Å². The number of H-pyrrole nitrogens is 1. The molecule has 0 radical (unpaired) electrons. The summed E-state index contributed by atoms with van der Waals surface area (Å²) in [6.45, 7) is 6.22. The van der Waals surface area contributed by atoms with Crippen LogP contribution in [-0.4, -0.2) is 33.5 Å². The van der Waals surface area contributed by atoms with E-state index in [-0.39, 0.29) is 48.2 Å². The van der Waals surface area contributed by atoms with Gasteiger partial charge in [0.1, 0.15) is 5.82 Å². The fourth-order valence-electron chi connectivity index (χ4n) is 3.23. The number of aromatic nitrogens is 2. The standard InChI is InChI=1S/C21H29N5O6/c1-4-7-11-24(17-18(22)25(12-8-5-2)21(29)23-19(17)27)20(28)14-9-10-16(32-6-3)15(13-14)26(30)31/h9-10,13H,4-8,11-12,22H2,1-3H3,(H,23,27,29). The second-order valence-corrected chi connectivity index (χ2v) is 7.18. The number of nitro benzene ring substituents is 1. The van der Waals surface area contributed by atoms with Crippen molar-refractivity contribution in [2.75, 3.05) is 23.8 Å². The lowest BCUT2D eigenvalue weighted by atomic mass is 10.1. The Hall–Kier alpha value is -3.63. The Morgan fingerprint density at radius 3 is 2.50 bits per heavy atom. The summed E-state index contributed by atoms with van der Waals surface area (Å²) in [6, 6.07) is 3.86. The van der Waals surface area contributed by atoms with E-state index in [1.165, 1.54) is 21.6 Å². The maximum absolute atomic E-state index is 13.4. The summed E-state index contributed by atoms with van der Waals surface area (Å²) in [4.78, 5) is 52.5. The van der Waals surface area contributed by atoms with Crippen molar-refractivity contribution in [2.45, 2.75) is 53.0 Å². The summed E-state index contributed by atoms with van der Waals surface area (Å²) in [5, 5.41) is 11.5. The van der Waals surface area contributed by atoms with E-state index in [1.54, 1.807) is 6.92 Å². The number of anilines is 2. The van der Waals surface area contributed by atoms with Crippen molar-refractivity contribution in [3.05, 3.63) is 54.7 Å². The van der Waals surface area contributed by atoms with Gasteiger partial charge in [-0.25, -0.2) is 4.79 Å². The van der Waals surface area contributed by atoms with Crippen LogP contribution in [0.2, 0.25) is 0 Å². The minimum absolute atomic E-state index is 0.00126. The Labute approximate surface area is 185 Å². The van der Waals surface area contributed by atoms with Gasteiger partial charge in [0, 0.05) is 24.7 Å². The SMILES string of the molecule is CCCCN(C(=O)c1ccc(OCC)c([N+](=O)[O-])c1)c1c(N)n(CCCC)c(=O)[nH]c1=O. The number of nitrogen functional groups attached to an aromatic ring is 1. The van der Waals surface area contributed by atoms with E-state index in [4.69, 9.17) is 10.5 Å². The van der Waals surface area contributed by atoms with E-state index in [9.17, 15) is 24.5 Å². The van der Waals surface area contributed by atoms with Crippen molar-refractivity contribution in [3.8, 4) is 5.75 Å². The first-order valence-corrected chi connectivity index (χ1v) is 10.6. The average Bonchev–Trinajstić information content (AvgIpc) is 2.75. The Balaban J connectivity index is 2.62. The Kier molecular flexibility index (Phi) is 8.56. The van der Waals surface area contributed by atoms with E-state index < -0.39 is 22.1 Å². The van der Waals surface area contributed by atoms with Crippen LogP contribution in [0.3, 0.4) is 0 Å². The summed E-state index contributed by atoms with van der Waals surface area (Å²) in [5.41, 5.74) is 4.24. The number of benzene rings is 1. The summed E-state index contributed by atoms with van der Waals surface area (Å²) < 4.78 is 6.50. The third-order valence-electron chi connectivity index (χ3n) is 4.90. The third-order valence-corrected chi connectivity index (χ3v) is 4.90. The number of nitro groups is 1. The molecule has 1 amide bonds. The zero-order valence-corrected chi connectivity index (χ0v) is 18.6. The average molecular weight is 447 g/mol. The molecule has 2 aromatic rings. The van der Waals surface area contributed by atoms with Gasteiger partial charge in [0.2, 0.25) is 0 Å². The first-order valence-electron chi connectivity index (χ1n) is 10.6. The molecule has 2 rings (SSSR count). The largest absolute Gasteiger partial charge is 0.487 e. The molecule has 3 N–H and O–H groups in total. The van der Waals surface area contributed by atoms with Crippen molar-refractivity contribution < 1.29 is 14.5 Å². The van der Waals surface area contributed by atoms with Crippen LogP contribution in [0.5, 0.6) is 5.75 Å². The smallest absolute Gasteiger partial charge is 0.330 e. The van der Waals surface area contributed by atoms with Gasteiger partial charge in [-0.2, -0.15) is 0 Å². The molecule has 11 nitrogen and oxygen atoms in total. The van der Waals surface area contributed by atoms with Crippen LogP contribution in [0.25, 0.3) is 0 Å². The number of nitrogens with two attached hydrogens (primary N) is 1. The number of nitrogens with zero attached hydrogens (tertiary/aromatic N) is 3. The van der Waals surface area contributed by atoms with Crippen molar-refractivity contribution in [2.24, 2.45) is 0 Å². The predicted molar refractivity (Wildman–Crippen MR) is 121 cm³/mol. The fraction of sp³-hybridized carbons (Fsp3) is 0.476. The summed E-state index contributed by atoms with van der Waals surface area (Å²) in [7, 11) is 0. The Morgan fingerprint density at radius 2 is 1.91 bits per heavy atom. The summed E-state index contributed by atoms with van der Waals surface area (Å²) in [6.07, 6.45) is 2.73. The van der Waals surface area contributed by atoms with Gasteiger partial charge in [-0.1, -0.05) is 26.7 Å². The number of carbonyl (C=O) groups is 1. The molecule has 0 saturated heterocycles. The molecular weight excluding hydrogens is 418 g/mol. The predicted octanol–water partition coefficient (Wildman–Crippen LogP) is 2.67. The second-order valence-electron chi connectivity index (χ2n) is 7.18. The lowest BCUT2D eigenvalue weighted by Gasteiger charge is -2.24. The van der Waals surface area contributed by atoms with E-state index in [1.807, 2.05) is 13.8 Å². The number of amides is 1. The molecule has 0 atom stereocenters. The maximum atomic E-state index is 13.4. The molecule has 1 aromatic heterocycles. The monoisotopic (exact) mass is 447 g/mol. The molecule has 0 saturated carbocycles. The summed E-state index contributed by atoms with van der Waals surface area (Å²) >= 11 is 0. The number of ether oxygens (including phenoxy) is 1. The molecule has 0 unspecified atom stereocenters. The second kappa shape index (κ2) is 11.1. The molecule has 0 aliphatic carbocycles. The molecule has 1 heterocycles. The molecule has 32 heavy (non-hydrogen) atoms. The van der Waals surface area contributed by atoms with E-state index >= 15 is 0 Å². The van der Waals surface area contributed by atoms with Crippen molar-refractivity contribution >= 4 is 23.1 Å². The van der Waals surface area contributed by atoms with Gasteiger partial charge in [0.15, 0.2) is 11.4 Å². The minimum atomic E-state index is -0.787. The summed E-state index contributed by atoms with van der Waals surface area (Å²) in [5.74, 6) is -0.709. The molecule has 174 valence electrons. The number of hydrogen-bond acceptors (Lipinski definition) is 7. The molecular formula is C21H29N5O6. The van der Waals surface area contributed by atoms with Gasteiger partial charge in [0.25, 0.3) is 11.5 Å². The quantitative estimate of drug-likeness (QED) is 0.396. The third kappa shape index (κ3) is 5.34. The molecule has 0 fully saturated rings. The van der Waals surface area contributed by atoms with Crippen LogP contribution < -0.4 is 26.6 Å². The van der Waals surface area contributed by atoms with Crippen LogP contribution in [-0.2, 0) is 6.54 Å². The minimum Gasteiger partial charge on any atom is -0.487 e. The highest BCUT2D eigenvalue weighted by Crippen LogP contribution is 2.29. The number of carbonyl (C=O) groups excluding carboxylic acids is 1.